The Labute approximate surface area is 149 Å². The second kappa shape index (κ2) is 6.34. The number of benzene rings is 4. The predicted molar refractivity (Wildman–Crippen MR) is 107 cm³/mol. The summed E-state index contributed by atoms with van der Waals surface area (Å²) in [6.07, 6.45) is 0. The highest BCUT2D eigenvalue weighted by Crippen LogP contribution is 2.30. The van der Waals surface area contributed by atoms with Crippen LogP contribution in [-0.4, -0.2) is 18.6 Å². The lowest BCUT2D eigenvalue weighted by atomic mass is 9.96. The van der Waals surface area contributed by atoms with Gasteiger partial charge < -0.3 is 4.48 Å². The molecule has 0 fully saturated rings. The summed E-state index contributed by atoms with van der Waals surface area (Å²) in [6, 6.07) is 30.6. The predicted octanol–water partition coefficient (Wildman–Crippen LogP) is 5.77. The molecule has 0 saturated carbocycles. The lowest BCUT2D eigenvalue weighted by molar-refractivity contribution is -0.916. The second-order valence-corrected chi connectivity index (χ2v) is 7.53. The van der Waals surface area contributed by atoms with Crippen LogP contribution in [0.1, 0.15) is 11.1 Å². The van der Waals surface area contributed by atoms with E-state index in [0.29, 0.717) is 0 Å². The molecule has 0 heterocycles. The molecule has 0 amide bonds. The minimum Gasteiger partial charge on any atom is -0.321 e. The first-order chi connectivity index (χ1) is 12.1. The smallest absolute Gasteiger partial charge is 0.105 e. The topological polar surface area (TPSA) is 0 Å². The molecule has 4 aromatic carbocycles. The Morgan fingerprint density at radius 2 is 1.12 bits per heavy atom. The van der Waals surface area contributed by atoms with Crippen LogP contribution in [-0.2, 0) is 13.1 Å². The molecule has 0 bridgehead atoms. The fourth-order valence-corrected chi connectivity index (χ4v) is 3.84. The van der Waals surface area contributed by atoms with Crippen molar-refractivity contribution >= 4 is 21.5 Å². The molecule has 0 N–H and O–H groups in total. The third-order valence-corrected chi connectivity index (χ3v) is 4.92. The van der Waals surface area contributed by atoms with Crippen LogP contribution in [0.25, 0.3) is 21.5 Å². The normalized spacial score (nSPS) is 11.9. The number of hydrogen-bond acceptors (Lipinski definition) is 0. The highest BCUT2D eigenvalue weighted by atomic mass is 15.3. The Morgan fingerprint density at radius 3 is 1.72 bits per heavy atom. The first-order valence-electron chi connectivity index (χ1n) is 8.88. The van der Waals surface area contributed by atoms with Gasteiger partial charge in [-0.15, -0.1) is 0 Å². The zero-order valence-corrected chi connectivity index (χ0v) is 14.9. The lowest BCUT2D eigenvalue weighted by Crippen LogP contribution is -2.37. The van der Waals surface area contributed by atoms with Crippen LogP contribution in [0.2, 0.25) is 0 Å². The van der Waals surface area contributed by atoms with Crippen LogP contribution in [0.15, 0.2) is 84.9 Å². The Kier molecular flexibility index (Phi) is 4.03. The van der Waals surface area contributed by atoms with Crippen molar-refractivity contribution in [1.29, 1.82) is 0 Å². The third-order valence-electron chi connectivity index (χ3n) is 4.92. The van der Waals surface area contributed by atoms with Gasteiger partial charge in [-0.2, -0.15) is 0 Å². The number of rotatable bonds is 4. The SMILES string of the molecule is C[N+](C)(Cc1ccccc1)Cc1c2ccccc2cc2ccccc12. The van der Waals surface area contributed by atoms with Crippen molar-refractivity contribution in [2.45, 2.75) is 13.1 Å². The number of fused-ring (bicyclic) bond motifs is 2. The van der Waals surface area contributed by atoms with Gasteiger partial charge in [0, 0.05) is 11.1 Å². The molecule has 1 heteroatoms. The molecule has 0 saturated heterocycles. The van der Waals surface area contributed by atoms with E-state index < -0.39 is 0 Å². The molecule has 1 nitrogen and oxygen atoms in total. The third kappa shape index (κ3) is 3.29. The molecule has 0 unspecified atom stereocenters. The van der Waals surface area contributed by atoms with Crippen molar-refractivity contribution in [3.63, 3.8) is 0 Å². The molecule has 0 spiro atoms. The molecule has 4 rings (SSSR count). The first kappa shape index (κ1) is 15.9. The number of nitrogens with zero attached hydrogens (tertiary/aromatic N) is 1. The van der Waals surface area contributed by atoms with E-state index in [1.54, 1.807) is 0 Å². The fourth-order valence-electron chi connectivity index (χ4n) is 3.84. The van der Waals surface area contributed by atoms with Crippen molar-refractivity contribution in [2.75, 3.05) is 14.1 Å². The Bertz CT molecular complexity index is 962. The molecule has 124 valence electrons. The van der Waals surface area contributed by atoms with Crippen molar-refractivity contribution in [1.82, 2.24) is 0 Å². The maximum Gasteiger partial charge on any atom is 0.105 e. The van der Waals surface area contributed by atoms with Gasteiger partial charge in [0.25, 0.3) is 0 Å². The van der Waals surface area contributed by atoms with Crippen molar-refractivity contribution in [3.8, 4) is 0 Å². The van der Waals surface area contributed by atoms with Gasteiger partial charge >= 0.3 is 0 Å². The van der Waals surface area contributed by atoms with Crippen LogP contribution < -0.4 is 0 Å². The largest absolute Gasteiger partial charge is 0.321 e. The van der Waals surface area contributed by atoms with E-state index in [2.05, 4.69) is 99.0 Å². The van der Waals surface area contributed by atoms with Crippen LogP contribution in [0.4, 0.5) is 0 Å². The summed E-state index contributed by atoms with van der Waals surface area (Å²) in [5, 5.41) is 5.41. The van der Waals surface area contributed by atoms with Crippen LogP contribution >= 0.6 is 0 Å². The van der Waals surface area contributed by atoms with Gasteiger partial charge in [0.2, 0.25) is 0 Å². The molecular weight excluding hydrogens is 302 g/mol. The molecule has 0 atom stereocenters. The lowest BCUT2D eigenvalue weighted by Gasteiger charge is -2.31. The van der Waals surface area contributed by atoms with E-state index in [4.69, 9.17) is 0 Å². The molecule has 0 aliphatic rings. The summed E-state index contributed by atoms with van der Waals surface area (Å²) in [4.78, 5) is 0. The van der Waals surface area contributed by atoms with Gasteiger partial charge in [-0.05, 0) is 27.6 Å². The average Bonchev–Trinajstić information content (AvgIpc) is 2.62. The van der Waals surface area contributed by atoms with Crippen molar-refractivity contribution in [3.05, 3.63) is 96.1 Å². The summed E-state index contributed by atoms with van der Waals surface area (Å²) in [6.45, 7) is 2.04. The van der Waals surface area contributed by atoms with Gasteiger partial charge in [-0.3, -0.25) is 0 Å². The summed E-state index contributed by atoms with van der Waals surface area (Å²) in [5.41, 5.74) is 2.84. The molecule has 0 radical (unpaired) electrons. The fraction of sp³-hybridized carbons (Fsp3) is 0.167. The maximum absolute atomic E-state index is 2.32. The van der Waals surface area contributed by atoms with Gasteiger partial charge in [-0.25, -0.2) is 0 Å². The van der Waals surface area contributed by atoms with Gasteiger partial charge in [0.05, 0.1) is 14.1 Å². The van der Waals surface area contributed by atoms with Gasteiger partial charge in [0.1, 0.15) is 13.1 Å². The minimum atomic E-state index is 0.933. The minimum absolute atomic E-state index is 0.933. The summed E-state index contributed by atoms with van der Waals surface area (Å²) < 4.78 is 0.933. The van der Waals surface area contributed by atoms with Crippen molar-refractivity contribution in [2.24, 2.45) is 0 Å². The van der Waals surface area contributed by atoms with E-state index in [-0.39, 0.29) is 0 Å². The van der Waals surface area contributed by atoms with Crippen LogP contribution in [0.3, 0.4) is 0 Å². The van der Waals surface area contributed by atoms with Gasteiger partial charge in [-0.1, -0.05) is 78.9 Å². The molecule has 4 aromatic rings. The van der Waals surface area contributed by atoms with Crippen molar-refractivity contribution < 1.29 is 4.48 Å². The maximum atomic E-state index is 2.32. The van der Waals surface area contributed by atoms with Gasteiger partial charge in [0.15, 0.2) is 0 Å². The standard InChI is InChI=1S/C24H24N/c1-25(2,17-19-10-4-3-5-11-19)18-24-22-14-8-6-12-20(22)16-21-13-7-9-15-23(21)24/h3-16H,17-18H2,1-2H3/q+1. The second-order valence-electron chi connectivity index (χ2n) is 7.53. The van der Waals surface area contributed by atoms with E-state index in [1.807, 2.05) is 0 Å². The summed E-state index contributed by atoms with van der Waals surface area (Å²) in [7, 11) is 4.65. The Morgan fingerprint density at radius 1 is 0.600 bits per heavy atom. The molecule has 25 heavy (non-hydrogen) atoms. The van der Waals surface area contributed by atoms with Crippen LogP contribution in [0.5, 0.6) is 0 Å². The molecular formula is C24H24N+. The molecule has 0 aliphatic heterocycles. The molecule has 0 aromatic heterocycles. The van der Waals surface area contributed by atoms with E-state index in [9.17, 15) is 0 Å². The highest BCUT2D eigenvalue weighted by Gasteiger charge is 2.20. The van der Waals surface area contributed by atoms with E-state index >= 15 is 0 Å². The Balaban J connectivity index is 1.81. The summed E-state index contributed by atoms with van der Waals surface area (Å²) in [5.74, 6) is 0. The van der Waals surface area contributed by atoms with Crippen LogP contribution in [0, 0.1) is 0 Å². The zero-order chi connectivity index (χ0) is 17.3. The molecule has 0 aliphatic carbocycles. The highest BCUT2D eigenvalue weighted by molar-refractivity contribution is 6.02. The monoisotopic (exact) mass is 326 g/mol. The summed E-state index contributed by atoms with van der Waals surface area (Å²) >= 11 is 0. The van der Waals surface area contributed by atoms with E-state index in [0.717, 1.165) is 17.6 Å². The Hall–Kier alpha value is -2.64. The number of quaternary nitrogens is 1. The number of hydrogen-bond donors (Lipinski definition) is 0. The quantitative estimate of drug-likeness (QED) is 0.330. The average molecular weight is 326 g/mol. The first-order valence-corrected chi connectivity index (χ1v) is 8.88. The zero-order valence-electron chi connectivity index (χ0n) is 14.9. The van der Waals surface area contributed by atoms with E-state index in [1.165, 1.54) is 32.7 Å².